The highest BCUT2D eigenvalue weighted by Crippen LogP contribution is 2.31. The van der Waals surface area contributed by atoms with Crippen molar-refractivity contribution in [3.8, 4) is 5.75 Å². The average Bonchev–Trinajstić information content (AvgIpc) is 2.20. The van der Waals surface area contributed by atoms with E-state index in [0.29, 0.717) is 13.2 Å². The normalized spacial score (nSPS) is 27.5. The fraction of sp³-hybridized carbons (Fsp3) is 0.455. The second kappa shape index (κ2) is 3.98. The molecule has 3 nitrogen and oxygen atoms in total. The van der Waals surface area contributed by atoms with E-state index in [9.17, 15) is 5.11 Å². The van der Waals surface area contributed by atoms with Crippen LogP contribution in [0.4, 0.5) is 0 Å². The van der Waals surface area contributed by atoms with Gasteiger partial charge in [-0.1, -0.05) is 18.2 Å². The largest absolute Gasteiger partial charge is 0.508 e. The van der Waals surface area contributed by atoms with Crippen molar-refractivity contribution in [3.63, 3.8) is 0 Å². The fourth-order valence-electron chi connectivity index (χ4n) is 1.70. The van der Waals surface area contributed by atoms with Crippen LogP contribution in [0.5, 0.6) is 5.75 Å². The highest BCUT2D eigenvalue weighted by Gasteiger charge is 2.26. The molecule has 1 aliphatic rings. The Labute approximate surface area is 83.3 Å². The van der Waals surface area contributed by atoms with Gasteiger partial charge in [0.05, 0.1) is 19.3 Å². The molecule has 0 aromatic heterocycles. The molecule has 1 saturated heterocycles. The minimum absolute atomic E-state index is 0.00273. The van der Waals surface area contributed by atoms with Gasteiger partial charge < -0.3 is 14.6 Å². The maximum absolute atomic E-state index is 9.64. The number of ether oxygens (including phenoxy) is 2. The predicted octanol–water partition coefficient (Wildman–Crippen LogP) is 1.87. The molecule has 0 radical (unpaired) electrons. The van der Waals surface area contributed by atoms with Gasteiger partial charge in [0.1, 0.15) is 11.9 Å². The van der Waals surface area contributed by atoms with Crippen molar-refractivity contribution < 1.29 is 14.6 Å². The maximum Gasteiger partial charge on any atom is 0.121 e. The standard InChI is InChI=1S/C11H14O3/c1-8-11(14-7-6-13-8)9-4-2-3-5-10(9)12/h2-5,8,11-12H,6-7H2,1H3/t8-,11-/m0/s1. The number of phenols is 1. The molecule has 76 valence electrons. The number of benzene rings is 1. The first-order valence-electron chi connectivity index (χ1n) is 4.80. The highest BCUT2D eigenvalue weighted by molar-refractivity contribution is 5.34. The summed E-state index contributed by atoms with van der Waals surface area (Å²) in [6.07, 6.45) is -0.151. The summed E-state index contributed by atoms with van der Waals surface area (Å²) in [6, 6.07) is 7.22. The molecule has 0 bridgehead atoms. The Bertz CT molecular complexity index is 311. The second-order valence-electron chi connectivity index (χ2n) is 3.43. The SMILES string of the molecule is C[C@@H]1OCCO[C@@H]1c1ccccc1O. The molecule has 14 heavy (non-hydrogen) atoms. The van der Waals surface area contributed by atoms with Gasteiger partial charge in [-0.2, -0.15) is 0 Å². The predicted molar refractivity (Wildman–Crippen MR) is 52.2 cm³/mol. The first-order chi connectivity index (χ1) is 6.79. The monoisotopic (exact) mass is 194 g/mol. The van der Waals surface area contributed by atoms with Crippen molar-refractivity contribution in [1.29, 1.82) is 0 Å². The van der Waals surface area contributed by atoms with Gasteiger partial charge in [0.25, 0.3) is 0 Å². The molecule has 1 aromatic rings. The van der Waals surface area contributed by atoms with E-state index in [1.165, 1.54) is 0 Å². The van der Waals surface area contributed by atoms with Crippen LogP contribution in [-0.2, 0) is 9.47 Å². The molecule has 3 heteroatoms. The van der Waals surface area contributed by atoms with Crippen LogP contribution in [0, 0.1) is 0 Å². The zero-order valence-electron chi connectivity index (χ0n) is 8.14. The lowest BCUT2D eigenvalue weighted by molar-refractivity contribution is -0.135. The quantitative estimate of drug-likeness (QED) is 0.741. The zero-order chi connectivity index (χ0) is 9.97. The molecular formula is C11H14O3. The summed E-state index contributed by atoms with van der Waals surface area (Å²) in [5.41, 5.74) is 0.805. The van der Waals surface area contributed by atoms with Crippen LogP contribution in [0.2, 0.25) is 0 Å². The van der Waals surface area contributed by atoms with Crippen molar-refractivity contribution in [1.82, 2.24) is 0 Å². The van der Waals surface area contributed by atoms with Crippen LogP contribution in [0.3, 0.4) is 0 Å². The highest BCUT2D eigenvalue weighted by atomic mass is 16.6. The fourth-order valence-corrected chi connectivity index (χ4v) is 1.70. The molecule has 1 N–H and O–H groups in total. The molecule has 1 heterocycles. The van der Waals surface area contributed by atoms with Gasteiger partial charge in [0, 0.05) is 5.56 Å². The molecule has 0 aliphatic carbocycles. The number of aromatic hydroxyl groups is 1. The zero-order valence-corrected chi connectivity index (χ0v) is 8.14. The molecule has 1 aliphatic heterocycles. The van der Waals surface area contributed by atoms with Gasteiger partial charge in [-0.05, 0) is 13.0 Å². The van der Waals surface area contributed by atoms with E-state index in [0.717, 1.165) is 5.56 Å². The van der Waals surface area contributed by atoms with Gasteiger partial charge in [0.15, 0.2) is 0 Å². The number of hydrogen-bond acceptors (Lipinski definition) is 3. The van der Waals surface area contributed by atoms with Gasteiger partial charge >= 0.3 is 0 Å². The average molecular weight is 194 g/mol. The number of phenolic OH excluding ortho intramolecular Hbond substituents is 1. The van der Waals surface area contributed by atoms with Crippen LogP contribution in [0.15, 0.2) is 24.3 Å². The number of hydrogen-bond donors (Lipinski definition) is 1. The molecule has 1 fully saturated rings. The second-order valence-corrected chi connectivity index (χ2v) is 3.43. The summed E-state index contributed by atoms with van der Waals surface area (Å²) in [6.45, 7) is 3.17. The van der Waals surface area contributed by atoms with Gasteiger partial charge in [-0.3, -0.25) is 0 Å². The summed E-state index contributed by atoms with van der Waals surface area (Å²) < 4.78 is 11.0. The van der Waals surface area contributed by atoms with Crippen LogP contribution in [0.1, 0.15) is 18.6 Å². The third-order valence-electron chi connectivity index (χ3n) is 2.43. The van der Waals surface area contributed by atoms with Crippen LogP contribution < -0.4 is 0 Å². The lowest BCUT2D eigenvalue weighted by atomic mass is 10.0. The molecule has 2 atom stereocenters. The maximum atomic E-state index is 9.64. The molecule has 2 rings (SSSR count). The van der Waals surface area contributed by atoms with Crippen molar-refractivity contribution in [2.24, 2.45) is 0 Å². The van der Waals surface area contributed by atoms with Crippen LogP contribution in [-0.4, -0.2) is 24.4 Å². The Hall–Kier alpha value is -1.06. The Morgan fingerprint density at radius 1 is 1.21 bits per heavy atom. The van der Waals surface area contributed by atoms with E-state index >= 15 is 0 Å². The molecule has 0 amide bonds. The molecular weight excluding hydrogens is 180 g/mol. The van der Waals surface area contributed by atoms with Crippen molar-refractivity contribution in [2.45, 2.75) is 19.1 Å². The minimum Gasteiger partial charge on any atom is -0.508 e. The van der Waals surface area contributed by atoms with Gasteiger partial charge in [0.2, 0.25) is 0 Å². The van der Waals surface area contributed by atoms with E-state index < -0.39 is 0 Å². The summed E-state index contributed by atoms with van der Waals surface area (Å²) in [7, 11) is 0. The first kappa shape index (κ1) is 9.49. The Kier molecular flexibility index (Phi) is 2.70. The number of rotatable bonds is 1. The molecule has 0 spiro atoms. The van der Waals surface area contributed by atoms with Gasteiger partial charge in [-0.15, -0.1) is 0 Å². The first-order valence-corrected chi connectivity index (χ1v) is 4.80. The summed E-state index contributed by atoms with van der Waals surface area (Å²) in [5.74, 6) is 0.273. The Balaban J connectivity index is 2.25. The minimum atomic E-state index is -0.148. The molecule has 0 saturated carbocycles. The smallest absolute Gasteiger partial charge is 0.121 e. The Morgan fingerprint density at radius 3 is 2.64 bits per heavy atom. The Morgan fingerprint density at radius 2 is 1.93 bits per heavy atom. The van der Waals surface area contributed by atoms with E-state index in [1.54, 1.807) is 12.1 Å². The number of para-hydroxylation sites is 1. The van der Waals surface area contributed by atoms with Crippen molar-refractivity contribution in [3.05, 3.63) is 29.8 Å². The topological polar surface area (TPSA) is 38.7 Å². The van der Waals surface area contributed by atoms with Gasteiger partial charge in [-0.25, -0.2) is 0 Å². The van der Waals surface area contributed by atoms with Crippen LogP contribution >= 0.6 is 0 Å². The third-order valence-corrected chi connectivity index (χ3v) is 2.43. The van der Waals surface area contributed by atoms with E-state index in [2.05, 4.69) is 0 Å². The van der Waals surface area contributed by atoms with E-state index in [-0.39, 0.29) is 18.0 Å². The third kappa shape index (κ3) is 1.74. The summed E-state index contributed by atoms with van der Waals surface area (Å²) >= 11 is 0. The van der Waals surface area contributed by atoms with Crippen molar-refractivity contribution >= 4 is 0 Å². The molecule has 0 unspecified atom stereocenters. The lowest BCUT2D eigenvalue weighted by Crippen LogP contribution is -2.29. The van der Waals surface area contributed by atoms with E-state index in [4.69, 9.17) is 9.47 Å². The summed E-state index contributed by atoms with van der Waals surface area (Å²) in [4.78, 5) is 0. The van der Waals surface area contributed by atoms with Crippen LogP contribution in [0.25, 0.3) is 0 Å². The molecule has 1 aromatic carbocycles. The van der Waals surface area contributed by atoms with E-state index in [1.807, 2.05) is 19.1 Å². The lowest BCUT2D eigenvalue weighted by Gasteiger charge is -2.30. The summed E-state index contributed by atoms with van der Waals surface area (Å²) in [5, 5.41) is 9.64. The van der Waals surface area contributed by atoms with Crippen molar-refractivity contribution in [2.75, 3.05) is 13.2 Å².